The van der Waals surface area contributed by atoms with Crippen LogP contribution in [0.1, 0.15) is 0 Å². The molecule has 4 atom stereocenters. The lowest BCUT2D eigenvalue weighted by Crippen LogP contribution is -2.35. The Labute approximate surface area is 133 Å². The summed E-state index contributed by atoms with van der Waals surface area (Å²) in [6.07, 6.45) is -2.72. The number of aliphatic hydroxyl groups is 3. The number of hydrogen-bond acceptors (Lipinski definition) is 5. The van der Waals surface area contributed by atoms with Crippen LogP contribution in [0, 0.1) is 0 Å². The highest BCUT2D eigenvalue weighted by Crippen LogP contribution is 2.35. The summed E-state index contributed by atoms with van der Waals surface area (Å²) < 4.78 is 11.6. The minimum absolute atomic E-state index is 0.396. The standard InChI is InChI=1S/C13H13BrClNO5/c14-6-1-5-8(2-7(6)15)16-3-9(5)20-13-12(19)11(18)10(4-17)21-13/h1-3,10-13,16-19H,4H2/t10-,11-,12-,13-/m1/s1. The predicted molar refractivity (Wildman–Crippen MR) is 79.4 cm³/mol. The molecular weight excluding hydrogens is 366 g/mol. The number of halogens is 2. The maximum absolute atomic E-state index is 9.88. The van der Waals surface area contributed by atoms with Crippen LogP contribution < -0.4 is 4.74 Å². The molecule has 1 aliphatic rings. The molecule has 114 valence electrons. The summed E-state index contributed by atoms with van der Waals surface area (Å²) in [5, 5.41) is 30.0. The molecule has 0 amide bonds. The number of aliphatic hydroxyl groups excluding tert-OH is 3. The van der Waals surface area contributed by atoms with Crippen molar-refractivity contribution in [3.8, 4) is 5.75 Å². The smallest absolute Gasteiger partial charge is 0.229 e. The molecule has 1 fully saturated rings. The lowest BCUT2D eigenvalue weighted by atomic mass is 10.1. The Balaban J connectivity index is 1.87. The van der Waals surface area contributed by atoms with Gasteiger partial charge in [0.25, 0.3) is 0 Å². The summed E-state index contributed by atoms with van der Waals surface area (Å²) in [5.74, 6) is 0.456. The minimum atomic E-state index is -1.23. The topological polar surface area (TPSA) is 94.9 Å². The van der Waals surface area contributed by atoms with Gasteiger partial charge in [-0.3, -0.25) is 0 Å². The molecule has 6 nitrogen and oxygen atoms in total. The Morgan fingerprint density at radius 2 is 2.10 bits per heavy atom. The van der Waals surface area contributed by atoms with Crippen LogP contribution in [0.5, 0.6) is 5.75 Å². The number of aromatic amines is 1. The van der Waals surface area contributed by atoms with Crippen molar-refractivity contribution < 1.29 is 24.8 Å². The molecule has 2 heterocycles. The molecule has 1 aromatic carbocycles. The number of H-pyrrole nitrogens is 1. The third-order valence-electron chi connectivity index (χ3n) is 3.43. The van der Waals surface area contributed by atoms with E-state index in [-0.39, 0.29) is 0 Å². The van der Waals surface area contributed by atoms with E-state index in [9.17, 15) is 10.2 Å². The van der Waals surface area contributed by atoms with Gasteiger partial charge < -0.3 is 29.8 Å². The van der Waals surface area contributed by atoms with E-state index < -0.39 is 31.2 Å². The third kappa shape index (κ3) is 2.65. The average molecular weight is 379 g/mol. The van der Waals surface area contributed by atoms with Crippen LogP contribution in [0.15, 0.2) is 22.8 Å². The van der Waals surface area contributed by atoms with Crippen molar-refractivity contribution in [3.63, 3.8) is 0 Å². The second-order valence-corrected chi connectivity index (χ2v) is 6.05. The molecule has 0 unspecified atom stereocenters. The lowest BCUT2D eigenvalue weighted by Gasteiger charge is -2.16. The highest BCUT2D eigenvalue weighted by Gasteiger charge is 2.44. The van der Waals surface area contributed by atoms with Crippen LogP contribution in [0.25, 0.3) is 10.9 Å². The van der Waals surface area contributed by atoms with Gasteiger partial charge in [0, 0.05) is 16.1 Å². The fourth-order valence-corrected chi connectivity index (χ4v) is 2.78. The zero-order valence-electron chi connectivity index (χ0n) is 10.7. The number of nitrogens with one attached hydrogen (secondary N) is 1. The summed E-state index contributed by atoms with van der Waals surface area (Å²) in [6, 6.07) is 3.52. The monoisotopic (exact) mass is 377 g/mol. The molecule has 1 aliphatic heterocycles. The SMILES string of the molecule is OC[C@H]1O[C@@H](Oc2c[nH]c3cc(Cl)c(Br)cc23)[C@H](O)[C@@H]1O. The summed E-state index contributed by atoms with van der Waals surface area (Å²) >= 11 is 9.35. The lowest BCUT2D eigenvalue weighted by molar-refractivity contribution is -0.115. The fraction of sp³-hybridized carbons (Fsp3) is 0.385. The van der Waals surface area contributed by atoms with Crippen molar-refractivity contribution in [2.75, 3.05) is 6.61 Å². The average Bonchev–Trinajstić information content (AvgIpc) is 2.96. The summed E-state index contributed by atoms with van der Waals surface area (Å²) in [5.41, 5.74) is 0.768. The molecule has 0 radical (unpaired) electrons. The van der Waals surface area contributed by atoms with Gasteiger partial charge in [0.15, 0.2) is 0 Å². The van der Waals surface area contributed by atoms with Crippen molar-refractivity contribution in [3.05, 3.63) is 27.8 Å². The van der Waals surface area contributed by atoms with E-state index in [0.717, 1.165) is 10.9 Å². The van der Waals surface area contributed by atoms with E-state index in [4.69, 9.17) is 26.2 Å². The van der Waals surface area contributed by atoms with Gasteiger partial charge in [-0.1, -0.05) is 11.6 Å². The number of benzene rings is 1. The Kier molecular flexibility index (Phi) is 4.13. The molecule has 0 aliphatic carbocycles. The quantitative estimate of drug-likeness (QED) is 0.648. The first-order valence-corrected chi connectivity index (χ1v) is 7.43. The molecule has 1 saturated heterocycles. The van der Waals surface area contributed by atoms with Crippen LogP contribution >= 0.6 is 27.5 Å². The molecule has 8 heteroatoms. The van der Waals surface area contributed by atoms with Gasteiger partial charge in [-0.25, -0.2) is 0 Å². The van der Waals surface area contributed by atoms with E-state index in [0.29, 0.717) is 15.2 Å². The van der Waals surface area contributed by atoms with Crippen molar-refractivity contribution in [1.29, 1.82) is 0 Å². The number of hydrogen-bond donors (Lipinski definition) is 4. The van der Waals surface area contributed by atoms with E-state index in [1.165, 1.54) is 0 Å². The maximum atomic E-state index is 9.88. The molecule has 0 saturated carbocycles. The van der Waals surface area contributed by atoms with Gasteiger partial charge in [-0.15, -0.1) is 0 Å². The van der Waals surface area contributed by atoms with E-state index in [1.54, 1.807) is 18.3 Å². The third-order valence-corrected chi connectivity index (χ3v) is 4.62. The van der Waals surface area contributed by atoms with Crippen LogP contribution in [-0.4, -0.2) is 51.5 Å². The van der Waals surface area contributed by atoms with Gasteiger partial charge >= 0.3 is 0 Å². The van der Waals surface area contributed by atoms with Crippen LogP contribution in [0.4, 0.5) is 0 Å². The Morgan fingerprint density at radius 3 is 2.76 bits per heavy atom. The number of aromatic nitrogens is 1. The molecule has 1 aromatic heterocycles. The van der Waals surface area contributed by atoms with Gasteiger partial charge in [-0.2, -0.15) is 0 Å². The molecular formula is C13H13BrClNO5. The Bertz CT molecular complexity index is 663. The van der Waals surface area contributed by atoms with Gasteiger partial charge in [0.2, 0.25) is 6.29 Å². The van der Waals surface area contributed by atoms with Crippen molar-refractivity contribution in [2.45, 2.75) is 24.6 Å². The van der Waals surface area contributed by atoms with E-state index in [1.807, 2.05) is 0 Å². The molecule has 0 spiro atoms. The van der Waals surface area contributed by atoms with Crippen molar-refractivity contribution >= 4 is 38.4 Å². The molecule has 0 bridgehead atoms. The minimum Gasteiger partial charge on any atom is -0.460 e. The predicted octanol–water partition coefficient (Wildman–Crippen LogP) is 1.40. The molecule has 4 N–H and O–H groups in total. The first-order chi connectivity index (χ1) is 10.0. The van der Waals surface area contributed by atoms with Crippen molar-refractivity contribution in [2.24, 2.45) is 0 Å². The summed E-state index contributed by atoms with van der Waals surface area (Å²) in [6.45, 7) is -0.396. The Morgan fingerprint density at radius 1 is 1.33 bits per heavy atom. The fourth-order valence-electron chi connectivity index (χ4n) is 2.28. The zero-order valence-corrected chi connectivity index (χ0v) is 13.0. The van der Waals surface area contributed by atoms with Crippen LogP contribution in [0.2, 0.25) is 5.02 Å². The summed E-state index contributed by atoms with van der Waals surface area (Å²) in [7, 11) is 0. The highest BCUT2D eigenvalue weighted by atomic mass is 79.9. The largest absolute Gasteiger partial charge is 0.460 e. The van der Waals surface area contributed by atoms with E-state index >= 15 is 0 Å². The number of fused-ring (bicyclic) bond motifs is 1. The maximum Gasteiger partial charge on any atom is 0.229 e. The highest BCUT2D eigenvalue weighted by molar-refractivity contribution is 9.10. The number of rotatable bonds is 3. The van der Waals surface area contributed by atoms with Gasteiger partial charge in [0.05, 0.1) is 17.1 Å². The molecule has 3 rings (SSSR count). The van der Waals surface area contributed by atoms with Gasteiger partial charge in [0.1, 0.15) is 24.1 Å². The first kappa shape index (κ1) is 15.1. The zero-order chi connectivity index (χ0) is 15.1. The summed E-state index contributed by atoms with van der Waals surface area (Å²) in [4.78, 5) is 3.00. The second-order valence-electron chi connectivity index (χ2n) is 4.79. The van der Waals surface area contributed by atoms with Gasteiger partial charge in [-0.05, 0) is 28.1 Å². The normalized spacial score (nSPS) is 29.2. The molecule has 21 heavy (non-hydrogen) atoms. The number of ether oxygens (including phenoxy) is 2. The molecule has 2 aromatic rings. The first-order valence-electron chi connectivity index (χ1n) is 6.26. The van der Waals surface area contributed by atoms with E-state index in [2.05, 4.69) is 20.9 Å². The second kappa shape index (κ2) is 5.75. The Hall–Kier alpha value is -0.830. The van der Waals surface area contributed by atoms with Crippen molar-refractivity contribution in [1.82, 2.24) is 4.98 Å². The van der Waals surface area contributed by atoms with Crippen LogP contribution in [-0.2, 0) is 4.74 Å². The van der Waals surface area contributed by atoms with Crippen LogP contribution in [0.3, 0.4) is 0 Å².